The van der Waals surface area contributed by atoms with E-state index in [0.29, 0.717) is 17.5 Å². The zero-order valence-corrected chi connectivity index (χ0v) is 30.8. The van der Waals surface area contributed by atoms with Gasteiger partial charge in [0.15, 0.2) is 17.5 Å². The maximum absolute atomic E-state index is 6.46. The molecule has 0 amide bonds. The highest BCUT2D eigenvalue weighted by Gasteiger charge is 2.20. The van der Waals surface area contributed by atoms with Gasteiger partial charge in [0, 0.05) is 21.9 Å². The molecule has 266 valence electrons. The molecule has 4 heteroatoms. The van der Waals surface area contributed by atoms with Crippen LogP contribution >= 0.6 is 0 Å². The quantitative estimate of drug-likeness (QED) is 0.171. The van der Waals surface area contributed by atoms with Crippen LogP contribution in [0.5, 0.6) is 0 Å². The Hall–Kier alpha value is -7.69. The first-order valence-corrected chi connectivity index (χ1v) is 19.2. The van der Waals surface area contributed by atoms with Gasteiger partial charge in [-0.15, -0.1) is 0 Å². The van der Waals surface area contributed by atoms with Gasteiger partial charge in [0.2, 0.25) is 0 Å². The molecule has 0 saturated heterocycles. The molecule has 0 fully saturated rings. The molecular weight excluding hydrogens is 695 g/mol. The van der Waals surface area contributed by atoms with Gasteiger partial charge in [0.1, 0.15) is 11.2 Å². The molecule has 4 nitrogen and oxygen atoms in total. The van der Waals surface area contributed by atoms with Crippen molar-refractivity contribution in [2.45, 2.75) is 0 Å². The van der Waals surface area contributed by atoms with Crippen molar-refractivity contribution in [2.75, 3.05) is 0 Å². The highest BCUT2D eigenvalue weighted by atomic mass is 16.3. The number of para-hydroxylation sites is 2. The lowest BCUT2D eigenvalue weighted by molar-refractivity contribution is 0.669. The third kappa shape index (κ3) is 5.66. The van der Waals surface area contributed by atoms with Gasteiger partial charge in [-0.2, -0.15) is 0 Å². The van der Waals surface area contributed by atoms with E-state index in [-0.39, 0.29) is 0 Å². The van der Waals surface area contributed by atoms with E-state index in [2.05, 4.69) is 140 Å². The van der Waals surface area contributed by atoms with Crippen molar-refractivity contribution in [3.8, 4) is 67.5 Å². The topological polar surface area (TPSA) is 51.8 Å². The number of hydrogen-bond acceptors (Lipinski definition) is 4. The molecule has 0 aliphatic heterocycles. The van der Waals surface area contributed by atoms with Gasteiger partial charge in [-0.1, -0.05) is 182 Å². The Morgan fingerprint density at radius 2 is 0.842 bits per heavy atom. The van der Waals surface area contributed by atoms with Crippen molar-refractivity contribution < 1.29 is 4.42 Å². The molecule has 0 aliphatic rings. The van der Waals surface area contributed by atoms with Crippen LogP contribution in [0.2, 0.25) is 0 Å². The average molecular weight is 728 g/mol. The maximum Gasteiger partial charge on any atom is 0.167 e. The molecule has 0 atom stereocenters. The predicted molar refractivity (Wildman–Crippen MR) is 235 cm³/mol. The molecular formula is C53H33N3O. The van der Waals surface area contributed by atoms with E-state index < -0.39 is 0 Å². The van der Waals surface area contributed by atoms with E-state index in [9.17, 15) is 0 Å². The summed E-state index contributed by atoms with van der Waals surface area (Å²) in [7, 11) is 0. The van der Waals surface area contributed by atoms with Crippen LogP contribution in [-0.2, 0) is 0 Å². The SMILES string of the molecule is c1ccc(-c2nc(-c3cccc(-c4c(-c5ccc(-c6ccccc6)c6ccccc56)ccc5ccccc45)c3)nc(-c3cccc4c3oc3ccccc34)n2)cc1. The highest BCUT2D eigenvalue weighted by Crippen LogP contribution is 2.44. The van der Waals surface area contributed by atoms with Gasteiger partial charge in [0.25, 0.3) is 0 Å². The van der Waals surface area contributed by atoms with Crippen molar-refractivity contribution >= 4 is 43.5 Å². The third-order valence-electron chi connectivity index (χ3n) is 11.0. The number of fused-ring (bicyclic) bond motifs is 5. The zero-order chi connectivity index (χ0) is 37.7. The summed E-state index contributed by atoms with van der Waals surface area (Å²) in [4.78, 5) is 15.4. The van der Waals surface area contributed by atoms with Crippen LogP contribution in [0.4, 0.5) is 0 Å². The smallest absolute Gasteiger partial charge is 0.167 e. The second kappa shape index (κ2) is 13.6. The molecule has 0 saturated carbocycles. The zero-order valence-electron chi connectivity index (χ0n) is 30.8. The first kappa shape index (κ1) is 32.7. The first-order valence-electron chi connectivity index (χ1n) is 19.2. The van der Waals surface area contributed by atoms with Gasteiger partial charge >= 0.3 is 0 Å². The van der Waals surface area contributed by atoms with Crippen LogP contribution in [0.25, 0.3) is 111 Å². The Morgan fingerprint density at radius 1 is 0.298 bits per heavy atom. The van der Waals surface area contributed by atoms with Crippen molar-refractivity contribution in [3.05, 3.63) is 200 Å². The largest absolute Gasteiger partial charge is 0.455 e. The highest BCUT2D eigenvalue weighted by molar-refractivity contribution is 6.12. The maximum atomic E-state index is 6.46. The van der Waals surface area contributed by atoms with E-state index in [1.54, 1.807) is 0 Å². The molecule has 0 N–H and O–H groups in total. The van der Waals surface area contributed by atoms with E-state index in [4.69, 9.17) is 19.4 Å². The van der Waals surface area contributed by atoms with Crippen molar-refractivity contribution in [1.82, 2.24) is 15.0 Å². The average Bonchev–Trinajstić information content (AvgIpc) is 3.68. The molecule has 0 radical (unpaired) electrons. The van der Waals surface area contributed by atoms with Gasteiger partial charge in [0.05, 0.1) is 5.56 Å². The van der Waals surface area contributed by atoms with Gasteiger partial charge < -0.3 is 4.42 Å². The van der Waals surface area contributed by atoms with Crippen LogP contribution in [0, 0.1) is 0 Å². The molecule has 11 aromatic rings. The number of nitrogens with zero attached hydrogens (tertiary/aromatic N) is 3. The Morgan fingerprint density at radius 3 is 1.65 bits per heavy atom. The second-order valence-electron chi connectivity index (χ2n) is 14.3. The molecule has 2 aromatic heterocycles. The Bertz CT molecular complexity index is 3300. The fourth-order valence-electron chi connectivity index (χ4n) is 8.29. The van der Waals surface area contributed by atoms with Crippen molar-refractivity contribution in [1.29, 1.82) is 0 Å². The van der Waals surface area contributed by atoms with Gasteiger partial charge in [-0.3, -0.25) is 0 Å². The fraction of sp³-hybridized carbons (Fsp3) is 0. The Kier molecular flexibility index (Phi) is 7.78. The summed E-state index contributed by atoms with van der Waals surface area (Å²) in [5.41, 5.74) is 11.2. The van der Waals surface area contributed by atoms with Crippen LogP contribution in [-0.4, -0.2) is 15.0 Å². The number of aromatic nitrogens is 3. The van der Waals surface area contributed by atoms with Crippen molar-refractivity contribution in [2.24, 2.45) is 0 Å². The van der Waals surface area contributed by atoms with Crippen LogP contribution in [0.1, 0.15) is 0 Å². The lowest BCUT2D eigenvalue weighted by atomic mass is 9.86. The minimum atomic E-state index is 0.560. The molecule has 0 bridgehead atoms. The van der Waals surface area contributed by atoms with E-state index >= 15 is 0 Å². The molecule has 9 aromatic carbocycles. The Labute approximate surface area is 329 Å². The minimum Gasteiger partial charge on any atom is -0.455 e. The number of hydrogen-bond donors (Lipinski definition) is 0. The first-order chi connectivity index (χ1) is 28.3. The fourth-order valence-corrected chi connectivity index (χ4v) is 8.29. The van der Waals surface area contributed by atoms with Gasteiger partial charge in [-0.05, 0) is 73.1 Å². The van der Waals surface area contributed by atoms with Crippen LogP contribution in [0.3, 0.4) is 0 Å². The molecule has 2 heterocycles. The summed E-state index contributed by atoms with van der Waals surface area (Å²) in [6.07, 6.45) is 0. The number of benzene rings is 9. The van der Waals surface area contributed by atoms with Gasteiger partial charge in [-0.25, -0.2) is 15.0 Å². The van der Waals surface area contributed by atoms with E-state index in [1.165, 1.54) is 43.8 Å². The summed E-state index contributed by atoms with van der Waals surface area (Å²) in [5.74, 6) is 1.75. The standard InChI is InChI=1S/C53H33N3O/c1-3-15-34(16-4-1)39-31-32-43(42-24-10-9-23-41(39)42)45-30-29-35-17-7-8-22-40(35)49(45)37-20-13-21-38(33-37)52-54-51(36-18-5-2-6-19-36)55-53(56-52)47-27-14-26-46-44-25-11-12-28-48(44)57-50(46)47/h1-33H. The summed E-state index contributed by atoms with van der Waals surface area (Å²) < 4.78 is 6.46. The minimum absolute atomic E-state index is 0.560. The third-order valence-corrected chi connectivity index (χ3v) is 11.0. The van der Waals surface area contributed by atoms with E-state index in [1.807, 2.05) is 60.7 Å². The van der Waals surface area contributed by atoms with Crippen LogP contribution < -0.4 is 0 Å². The lowest BCUT2D eigenvalue weighted by Gasteiger charge is -2.18. The number of rotatable bonds is 6. The normalized spacial score (nSPS) is 11.5. The summed E-state index contributed by atoms with van der Waals surface area (Å²) in [6, 6.07) is 70.1. The van der Waals surface area contributed by atoms with Crippen molar-refractivity contribution in [3.63, 3.8) is 0 Å². The van der Waals surface area contributed by atoms with E-state index in [0.717, 1.165) is 49.8 Å². The Balaban J connectivity index is 1.12. The summed E-state index contributed by atoms with van der Waals surface area (Å²) >= 11 is 0. The molecule has 0 unspecified atom stereocenters. The number of furan rings is 1. The monoisotopic (exact) mass is 727 g/mol. The molecule has 57 heavy (non-hydrogen) atoms. The van der Waals surface area contributed by atoms with Crippen LogP contribution in [0.15, 0.2) is 205 Å². The second-order valence-corrected chi connectivity index (χ2v) is 14.3. The summed E-state index contributed by atoms with van der Waals surface area (Å²) in [6.45, 7) is 0. The molecule has 11 rings (SSSR count). The molecule has 0 spiro atoms. The molecule has 0 aliphatic carbocycles. The lowest BCUT2D eigenvalue weighted by Crippen LogP contribution is -2.00. The predicted octanol–water partition coefficient (Wildman–Crippen LogP) is 14.1. The summed E-state index contributed by atoms with van der Waals surface area (Å²) in [5, 5.41) is 6.88.